The van der Waals surface area contributed by atoms with Crippen molar-refractivity contribution in [3.8, 4) is 36.2 Å². The maximum Gasteiger partial charge on any atom is 0.229 e. The van der Waals surface area contributed by atoms with E-state index in [9.17, 15) is 9.59 Å². The molecule has 2 amide bonds. The topological polar surface area (TPSA) is 59.1 Å². The van der Waals surface area contributed by atoms with Crippen LogP contribution in [-0.2, 0) is 9.59 Å². The lowest BCUT2D eigenvalue weighted by atomic mass is 9.80. The first-order chi connectivity index (χ1) is 16.4. The van der Waals surface area contributed by atoms with Crippen molar-refractivity contribution in [1.29, 1.82) is 0 Å². The van der Waals surface area contributed by atoms with Gasteiger partial charge in [0, 0.05) is 37.3 Å². The molecule has 6 heteroatoms. The third kappa shape index (κ3) is 6.11. The molecule has 1 aliphatic carbocycles. The number of hydrogen-bond acceptors (Lipinski definition) is 4. The van der Waals surface area contributed by atoms with E-state index in [4.69, 9.17) is 22.3 Å². The van der Waals surface area contributed by atoms with Gasteiger partial charge in [-0.1, -0.05) is 18.3 Å². The molecule has 2 aromatic rings. The number of rotatable bonds is 8. The van der Waals surface area contributed by atoms with Crippen molar-refractivity contribution in [2.45, 2.75) is 25.7 Å². The second kappa shape index (κ2) is 11.8. The Morgan fingerprint density at radius 2 is 1.18 bits per heavy atom. The van der Waals surface area contributed by atoms with E-state index >= 15 is 0 Å². The lowest BCUT2D eigenvalue weighted by Gasteiger charge is -2.32. The Morgan fingerprint density at radius 1 is 0.794 bits per heavy atom. The molecule has 0 saturated heterocycles. The molecule has 0 radical (unpaired) electrons. The Balaban J connectivity index is 1.61. The maximum atomic E-state index is 13.2. The third-order valence-electron chi connectivity index (χ3n) is 6.13. The number of benzene rings is 2. The van der Waals surface area contributed by atoms with Crippen LogP contribution >= 0.6 is 0 Å². The summed E-state index contributed by atoms with van der Waals surface area (Å²) < 4.78 is 10.8. The first kappa shape index (κ1) is 24.7. The fourth-order valence-electron chi connectivity index (χ4n) is 4.22. The van der Waals surface area contributed by atoms with Crippen molar-refractivity contribution in [2.75, 3.05) is 37.1 Å². The summed E-state index contributed by atoms with van der Waals surface area (Å²) in [4.78, 5) is 29.7. The van der Waals surface area contributed by atoms with E-state index in [1.807, 2.05) is 24.3 Å². The SMILES string of the molecule is C#CCOc1ccc(N(C)C(=O)[C@@H]2CCC[C@@H](C(=O)N(C)c3ccc(OCC#C)cc3)C2)cc1. The van der Waals surface area contributed by atoms with Gasteiger partial charge in [0.2, 0.25) is 11.8 Å². The van der Waals surface area contributed by atoms with Crippen LogP contribution in [-0.4, -0.2) is 39.1 Å². The fraction of sp³-hybridized carbons (Fsp3) is 0.357. The highest BCUT2D eigenvalue weighted by atomic mass is 16.5. The lowest BCUT2D eigenvalue weighted by molar-refractivity contribution is -0.127. The van der Waals surface area contributed by atoms with E-state index in [0.29, 0.717) is 17.9 Å². The van der Waals surface area contributed by atoms with Crippen molar-refractivity contribution in [2.24, 2.45) is 11.8 Å². The van der Waals surface area contributed by atoms with Crippen LogP contribution in [0, 0.1) is 36.5 Å². The highest BCUT2D eigenvalue weighted by molar-refractivity contribution is 5.97. The molecule has 3 rings (SSSR count). The monoisotopic (exact) mass is 458 g/mol. The van der Waals surface area contributed by atoms with Crippen LogP contribution in [0.4, 0.5) is 11.4 Å². The summed E-state index contributed by atoms with van der Waals surface area (Å²) in [5, 5.41) is 0. The van der Waals surface area contributed by atoms with Gasteiger partial charge in [0.1, 0.15) is 24.7 Å². The largest absolute Gasteiger partial charge is 0.481 e. The molecule has 6 nitrogen and oxygen atoms in total. The second-order valence-electron chi connectivity index (χ2n) is 8.33. The van der Waals surface area contributed by atoms with Crippen LogP contribution in [0.25, 0.3) is 0 Å². The van der Waals surface area contributed by atoms with E-state index in [1.165, 1.54) is 0 Å². The molecule has 1 fully saturated rings. The van der Waals surface area contributed by atoms with Gasteiger partial charge in [0.25, 0.3) is 0 Å². The summed E-state index contributed by atoms with van der Waals surface area (Å²) in [7, 11) is 3.53. The van der Waals surface area contributed by atoms with Crippen molar-refractivity contribution in [3.63, 3.8) is 0 Å². The van der Waals surface area contributed by atoms with Crippen LogP contribution < -0.4 is 19.3 Å². The zero-order chi connectivity index (χ0) is 24.5. The first-order valence-electron chi connectivity index (χ1n) is 11.3. The van der Waals surface area contributed by atoms with Gasteiger partial charge < -0.3 is 19.3 Å². The highest BCUT2D eigenvalue weighted by Gasteiger charge is 2.34. The minimum absolute atomic E-state index is 0.0208. The van der Waals surface area contributed by atoms with Gasteiger partial charge in [0.05, 0.1) is 0 Å². The molecule has 2 aromatic carbocycles. The van der Waals surface area contributed by atoms with Gasteiger partial charge in [-0.25, -0.2) is 0 Å². The molecule has 0 bridgehead atoms. The minimum atomic E-state index is -0.196. The maximum absolute atomic E-state index is 13.2. The molecule has 0 unspecified atom stereocenters. The van der Waals surface area contributed by atoms with E-state index in [0.717, 1.165) is 30.6 Å². The highest BCUT2D eigenvalue weighted by Crippen LogP contribution is 2.33. The molecule has 0 N–H and O–H groups in total. The minimum Gasteiger partial charge on any atom is -0.481 e. The molecule has 0 heterocycles. The average molecular weight is 459 g/mol. The van der Waals surface area contributed by atoms with Gasteiger partial charge in [0.15, 0.2) is 0 Å². The summed E-state index contributed by atoms with van der Waals surface area (Å²) in [6, 6.07) is 14.5. The van der Waals surface area contributed by atoms with Gasteiger partial charge >= 0.3 is 0 Å². The number of anilines is 2. The van der Waals surface area contributed by atoms with Gasteiger partial charge in [-0.3, -0.25) is 9.59 Å². The van der Waals surface area contributed by atoms with Crippen molar-refractivity contribution in [3.05, 3.63) is 48.5 Å². The quantitative estimate of drug-likeness (QED) is 0.558. The molecule has 0 aromatic heterocycles. The zero-order valence-electron chi connectivity index (χ0n) is 19.7. The van der Waals surface area contributed by atoms with Gasteiger partial charge in [-0.05, 0) is 67.8 Å². The lowest BCUT2D eigenvalue weighted by Crippen LogP contribution is -2.40. The predicted molar refractivity (Wildman–Crippen MR) is 134 cm³/mol. The normalized spacial score (nSPS) is 17.1. The Kier molecular flexibility index (Phi) is 8.60. The van der Waals surface area contributed by atoms with Crippen LogP contribution in [0.3, 0.4) is 0 Å². The van der Waals surface area contributed by atoms with Crippen LogP contribution in [0.15, 0.2) is 48.5 Å². The summed E-state index contributed by atoms with van der Waals surface area (Å²) in [5.41, 5.74) is 1.55. The number of carbonyl (C=O) groups excluding carboxylic acids is 2. The molecule has 0 aliphatic heterocycles. The number of hydrogen-bond donors (Lipinski definition) is 0. The van der Waals surface area contributed by atoms with Crippen molar-refractivity contribution < 1.29 is 19.1 Å². The molecule has 2 atom stereocenters. The molecule has 1 aliphatic rings. The summed E-state index contributed by atoms with van der Waals surface area (Å²) in [6.45, 7) is 0.396. The van der Waals surface area contributed by atoms with Crippen molar-refractivity contribution >= 4 is 23.2 Å². The fourth-order valence-corrected chi connectivity index (χ4v) is 4.22. The third-order valence-corrected chi connectivity index (χ3v) is 6.13. The Labute approximate surface area is 201 Å². The van der Waals surface area contributed by atoms with Crippen LogP contribution in [0.2, 0.25) is 0 Å². The standard InChI is InChI=1S/C28H30N2O4/c1-5-18-33-25-14-10-23(11-15-25)29(3)27(31)21-8-7-9-22(20-21)28(32)30(4)24-12-16-26(17-13-24)34-19-6-2/h1-2,10-17,21-22H,7-9,18-20H2,3-4H3/t21-,22-/m1/s1. The summed E-state index contributed by atoms with van der Waals surface area (Å²) >= 11 is 0. The molecular weight excluding hydrogens is 428 g/mol. The Hall–Kier alpha value is -3.90. The van der Waals surface area contributed by atoms with E-state index in [1.54, 1.807) is 48.2 Å². The number of terminal acetylenes is 2. The number of ether oxygens (including phenoxy) is 2. The zero-order valence-corrected chi connectivity index (χ0v) is 19.7. The second-order valence-corrected chi connectivity index (χ2v) is 8.33. The smallest absolute Gasteiger partial charge is 0.229 e. The van der Waals surface area contributed by atoms with Crippen LogP contribution in [0.5, 0.6) is 11.5 Å². The number of nitrogens with zero attached hydrogens (tertiary/aromatic N) is 2. The molecule has 0 spiro atoms. The summed E-state index contributed by atoms with van der Waals surface area (Å²) in [5.74, 6) is 5.82. The van der Waals surface area contributed by atoms with E-state index in [-0.39, 0.29) is 36.9 Å². The Morgan fingerprint density at radius 3 is 1.53 bits per heavy atom. The van der Waals surface area contributed by atoms with Crippen molar-refractivity contribution in [1.82, 2.24) is 0 Å². The molecule has 1 saturated carbocycles. The number of carbonyl (C=O) groups is 2. The molecule has 34 heavy (non-hydrogen) atoms. The first-order valence-corrected chi connectivity index (χ1v) is 11.3. The predicted octanol–water partition coefficient (Wildman–Crippen LogP) is 4.14. The average Bonchev–Trinajstić information content (AvgIpc) is 2.89. The number of amides is 2. The van der Waals surface area contributed by atoms with Gasteiger partial charge in [-0.15, -0.1) is 12.8 Å². The summed E-state index contributed by atoms with van der Waals surface area (Å²) in [6.07, 6.45) is 13.4. The van der Waals surface area contributed by atoms with Crippen LogP contribution in [0.1, 0.15) is 25.7 Å². The molecule has 176 valence electrons. The molecular formula is C28H30N2O4. The van der Waals surface area contributed by atoms with E-state index < -0.39 is 0 Å². The van der Waals surface area contributed by atoms with E-state index in [2.05, 4.69) is 11.8 Å². The van der Waals surface area contributed by atoms with Gasteiger partial charge in [-0.2, -0.15) is 0 Å². The Bertz CT molecular complexity index is 978.